The van der Waals surface area contributed by atoms with Crippen LogP contribution in [0.25, 0.3) is 0 Å². The minimum atomic E-state index is 0.535. The van der Waals surface area contributed by atoms with Gasteiger partial charge in [0.25, 0.3) is 0 Å². The van der Waals surface area contributed by atoms with E-state index in [1.54, 1.807) is 0 Å². The molecule has 0 aromatic carbocycles. The molecule has 0 spiro atoms. The zero-order valence-electron chi connectivity index (χ0n) is 17.5. The third kappa shape index (κ3) is 4.17. The van der Waals surface area contributed by atoms with Gasteiger partial charge in [-0.05, 0) is 82.0 Å². The first kappa shape index (κ1) is 19.2. The summed E-state index contributed by atoms with van der Waals surface area (Å²) in [5.41, 5.74) is 0. The summed E-state index contributed by atoms with van der Waals surface area (Å²) in [5.74, 6) is 3.05. The summed E-state index contributed by atoms with van der Waals surface area (Å²) in [5, 5.41) is 0. The molecule has 4 aliphatic carbocycles. The number of nitrogens with zero attached hydrogens (tertiary/aromatic N) is 1. The Morgan fingerprint density at radius 1 is 0.654 bits per heavy atom. The second-order valence-corrected chi connectivity index (χ2v) is 10.2. The van der Waals surface area contributed by atoms with Gasteiger partial charge in [0.1, 0.15) is 0 Å². The SMILES string of the molecule is COC1CCC(N(C2CCC(C)CC2)C2CCCC3CCCCC32)CC1. The van der Waals surface area contributed by atoms with Gasteiger partial charge < -0.3 is 4.74 Å². The van der Waals surface area contributed by atoms with Crippen LogP contribution in [0.15, 0.2) is 0 Å². The van der Waals surface area contributed by atoms with E-state index in [4.69, 9.17) is 4.74 Å². The lowest BCUT2D eigenvalue weighted by molar-refractivity contribution is -0.0488. The normalized spacial score (nSPS) is 44.7. The number of fused-ring (bicyclic) bond motifs is 1. The topological polar surface area (TPSA) is 12.5 Å². The van der Waals surface area contributed by atoms with E-state index in [9.17, 15) is 0 Å². The van der Waals surface area contributed by atoms with Gasteiger partial charge in [0, 0.05) is 25.2 Å². The molecule has 0 N–H and O–H groups in total. The van der Waals surface area contributed by atoms with Crippen LogP contribution < -0.4 is 0 Å². The highest BCUT2D eigenvalue weighted by Gasteiger charge is 2.43. The number of hydrogen-bond donors (Lipinski definition) is 0. The lowest BCUT2D eigenvalue weighted by Gasteiger charge is -2.53. The number of ether oxygens (including phenoxy) is 1. The summed E-state index contributed by atoms with van der Waals surface area (Å²) in [7, 11) is 1.92. The van der Waals surface area contributed by atoms with Gasteiger partial charge in [-0.15, -0.1) is 0 Å². The second-order valence-electron chi connectivity index (χ2n) is 10.2. The van der Waals surface area contributed by atoms with Gasteiger partial charge in [-0.25, -0.2) is 0 Å². The number of rotatable bonds is 4. The molecule has 4 rings (SSSR count). The Hall–Kier alpha value is -0.0800. The van der Waals surface area contributed by atoms with Crippen LogP contribution in [-0.2, 0) is 4.74 Å². The summed E-state index contributed by atoms with van der Waals surface area (Å²) >= 11 is 0. The van der Waals surface area contributed by atoms with Crippen LogP contribution in [0.4, 0.5) is 0 Å². The predicted molar refractivity (Wildman–Crippen MR) is 109 cm³/mol. The Balaban J connectivity index is 1.51. The van der Waals surface area contributed by atoms with Crippen LogP contribution in [0.2, 0.25) is 0 Å². The standard InChI is InChI=1S/C24H43NO/c1-18-10-12-20(13-11-18)25(21-14-16-22(26-2)17-15-21)24-9-5-7-19-6-3-4-8-23(19)24/h18-24H,3-17H2,1-2H3. The molecule has 0 saturated heterocycles. The predicted octanol–water partition coefficient (Wildman–Crippen LogP) is 6.18. The molecule has 0 aromatic heterocycles. The minimum Gasteiger partial charge on any atom is -0.381 e. The van der Waals surface area contributed by atoms with Crippen molar-refractivity contribution >= 4 is 0 Å². The van der Waals surface area contributed by atoms with Crippen molar-refractivity contribution < 1.29 is 4.74 Å². The van der Waals surface area contributed by atoms with Crippen LogP contribution in [0.3, 0.4) is 0 Å². The first-order chi connectivity index (χ1) is 12.8. The molecule has 150 valence electrons. The van der Waals surface area contributed by atoms with Crippen LogP contribution in [-0.4, -0.2) is 36.2 Å². The van der Waals surface area contributed by atoms with Crippen LogP contribution in [0.1, 0.15) is 103 Å². The number of hydrogen-bond acceptors (Lipinski definition) is 2. The fourth-order valence-electron chi connectivity index (χ4n) is 7.23. The van der Waals surface area contributed by atoms with Gasteiger partial charge in [0.05, 0.1) is 6.10 Å². The molecule has 2 nitrogen and oxygen atoms in total. The van der Waals surface area contributed by atoms with Crippen molar-refractivity contribution in [3.63, 3.8) is 0 Å². The maximum Gasteiger partial charge on any atom is 0.0572 e. The molecule has 4 fully saturated rings. The molecule has 26 heavy (non-hydrogen) atoms. The van der Waals surface area contributed by atoms with Crippen molar-refractivity contribution in [2.45, 2.75) is 127 Å². The highest BCUT2D eigenvalue weighted by atomic mass is 16.5. The maximum absolute atomic E-state index is 5.69. The van der Waals surface area contributed by atoms with E-state index in [2.05, 4.69) is 11.8 Å². The molecular formula is C24H43NO. The lowest BCUT2D eigenvalue weighted by atomic mass is 9.67. The van der Waals surface area contributed by atoms with Crippen molar-refractivity contribution in [2.75, 3.05) is 7.11 Å². The first-order valence-electron chi connectivity index (χ1n) is 12.1. The fraction of sp³-hybridized carbons (Fsp3) is 1.00. The molecule has 0 aliphatic heterocycles. The van der Waals surface area contributed by atoms with Gasteiger partial charge >= 0.3 is 0 Å². The fourth-order valence-corrected chi connectivity index (χ4v) is 7.23. The third-order valence-corrected chi connectivity index (χ3v) is 8.73. The molecule has 4 aliphatic rings. The van der Waals surface area contributed by atoms with Crippen molar-refractivity contribution in [3.05, 3.63) is 0 Å². The van der Waals surface area contributed by atoms with Crippen LogP contribution in [0, 0.1) is 17.8 Å². The zero-order chi connectivity index (χ0) is 17.9. The minimum absolute atomic E-state index is 0.535. The molecular weight excluding hydrogens is 318 g/mol. The lowest BCUT2D eigenvalue weighted by Crippen LogP contribution is -2.56. The maximum atomic E-state index is 5.69. The molecule has 3 unspecified atom stereocenters. The van der Waals surface area contributed by atoms with E-state index in [1.165, 1.54) is 96.3 Å². The Kier molecular flexibility index (Phi) is 6.62. The van der Waals surface area contributed by atoms with E-state index in [0.29, 0.717) is 6.10 Å². The van der Waals surface area contributed by atoms with E-state index in [-0.39, 0.29) is 0 Å². The zero-order valence-corrected chi connectivity index (χ0v) is 17.5. The van der Waals surface area contributed by atoms with Gasteiger partial charge in [0.2, 0.25) is 0 Å². The first-order valence-corrected chi connectivity index (χ1v) is 12.1. The van der Waals surface area contributed by atoms with Crippen molar-refractivity contribution in [1.82, 2.24) is 4.90 Å². The smallest absolute Gasteiger partial charge is 0.0572 e. The molecule has 2 heteroatoms. The average Bonchev–Trinajstić information content (AvgIpc) is 2.70. The van der Waals surface area contributed by atoms with Gasteiger partial charge in [-0.1, -0.05) is 39.0 Å². The summed E-state index contributed by atoms with van der Waals surface area (Å²) in [6.45, 7) is 2.47. The Morgan fingerprint density at radius 2 is 1.27 bits per heavy atom. The van der Waals surface area contributed by atoms with Crippen LogP contribution >= 0.6 is 0 Å². The summed E-state index contributed by atoms with van der Waals surface area (Å²) < 4.78 is 5.69. The summed E-state index contributed by atoms with van der Waals surface area (Å²) in [6.07, 6.45) is 22.4. The molecule has 3 atom stereocenters. The molecule has 4 saturated carbocycles. The van der Waals surface area contributed by atoms with Gasteiger partial charge in [-0.2, -0.15) is 0 Å². The van der Waals surface area contributed by atoms with E-state index in [0.717, 1.165) is 35.9 Å². The van der Waals surface area contributed by atoms with Gasteiger partial charge in [-0.3, -0.25) is 4.90 Å². The van der Waals surface area contributed by atoms with Crippen molar-refractivity contribution in [3.8, 4) is 0 Å². The monoisotopic (exact) mass is 361 g/mol. The number of methoxy groups -OCH3 is 1. The Labute approximate surface area is 162 Å². The Bertz CT molecular complexity index is 420. The van der Waals surface area contributed by atoms with Gasteiger partial charge in [0.15, 0.2) is 0 Å². The average molecular weight is 362 g/mol. The molecule has 0 radical (unpaired) electrons. The third-order valence-electron chi connectivity index (χ3n) is 8.73. The summed E-state index contributed by atoms with van der Waals surface area (Å²) in [4.78, 5) is 3.17. The summed E-state index contributed by atoms with van der Waals surface area (Å²) in [6, 6.07) is 2.66. The molecule has 0 aromatic rings. The second kappa shape index (κ2) is 8.95. The highest BCUT2D eigenvalue weighted by molar-refractivity contribution is 4.97. The largest absolute Gasteiger partial charge is 0.381 e. The van der Waals surface area contributed by atoms with E-state index in [1.807, 2.05) is 7.11 Å². The van der Waals surface area contributed by atoms with Crippen molar-refractivity contribution in [1.29, 1.82) is 0 Å². The van der Waals surface area contributed by atoms with E-state index < -0.39 is 0 Å². The van der Waals surface area contributed by atoms with Crippen molar-refractivity contribution in [2.24, 2.45) is 17.8 Å². The quantitative estimate of drug-likeness (QED) is 0.592. The molecule has 0 amide bonds. The molecule has 0 bridgehead atoms. The Morgan fingerprint density at radius 3 is 1.96 bits per heavy atom. The van der Waals surface area contributed by atoms with E-state index >= 15 is 0 Å². The highest BCUT2D eigenvalue weighted by Crippen LogP contribution is 2.46. The van der Waals surface area contributed by atoms with Crippen LogP contribution in [0.5, 0.6) is 0 Å². The molecule has 0 heterocycles.